The van der Waals surface area contributed by atoms with Crippen LogP contribution in [0.2, 0.25) is 0 Å². The number of aromatic carboxylic acids is 1. The topological polar surface area (TPSA) is 93.9 Å². The summed E-state index contributed by atoms with van der Waals surface area (Å²) in [5.74, 6) is -1.46. The molecule has 8 nitrogen and oxygen atoms in total. The van der Waals surface area contributed by atoms with Gasteiger partial charge in [0.2, 0.25) is 0 Å². The lowest BCUT2D eigenvalue weighted by Crippen LogP contribution is -2.47. The number of hydrogen-bond acceptors (Lipinski definition) is 5. The van der Waals surface area contributed by atoms with E-state index in [0.29, 0.717) is 32.0 Å². The van der Waals surface area contributed by atoms with Crippen LogP contribution in [0.3, 0.4) is 0 Å². The molecule has 1 amide bonds. The molecule has 0 aliphatic carbocycles. The number of morpholine rings is 1. The van der Waals surface area contributed by atoms with E-state index in [1.165, 1.54) is 10.7 Å². The van der Waals surface area contributed by atoms with Crippen molar-refractivity contribution in [3.8, 4) is 5.69 Å². The predicted molar refractivity (Wildman–Crippen MR) is 88.0 cm³/mol. The maximum absolute atomic E-state index is 13.0. The number of nitrogens with zero attached hydrogens (tertiary/aromatic N) is 3. The Morgan fingerprint density at radius 2 is 2.12 bits per heavy atom. The molecule has 0 bridgehead atoms. The fourth-order valence-corrected chi connectivity index (χ4v) is 2.76. The van der Waals surface area contributed by atoms with E-state index in [2.05, 4.69) is 5.10 Å². The minimum atomic E-state index is -1.18. The molecular formula is C17H19N3O5. The molecule has 1 atom stereocenters. The quantitative estimate of drug-likeness (QED) is 0.871. The van der Waals surface area contributed by atoms with Crippen LogP contribution in [0.15, 0.2) is 36.4 Å². The van der Waals surface area contributed by atoms with Gasteiger partial charge in [0.15, 0.2) is 5.69 Å². The van der Waals surface area contributed by atoms with Crippen molar-refractivity contribution in [2.24, 2.45) is 0 Å². The average molecular weight is 345 g/mol. The van der Waals surface area contributed by atoms with Crippen LogP contribution in [0.4, 0.5) is 0 Å². The molecule has 1 unspecified atom stereocenters. The van der Waals surface area contributed by atoms with Crippen molar-refractivity contribution in [3.63, 3.8) is 0 Å². The van der Waals surface area contributed by atoms with Gasteiger partial charge in [-0.15, -0.1) is 0 Å². The highest BCUT2D eigenvalue weighted by Crippen LogP contribution is 2.17. The molecule has 0 spiro atoms. The zero-order valence-corrected chi connectivity index (χ0v) is 13.8. The summed E-state index contributed by atoms with van der Waals surface area (Å²) in [5, 5.41) is 13.3. The zero-order chi connectivity index (χ0) is 17.8. The van der Waals surface area contributed by atoms with Crippen molar-refractivity contribution in [2.75, 3.05) is 33.4 Å². The van der Waals surface area contributed by atoms with Gasteiger partial charge in [-0.2, -0.15) is 5.10 Å². The summed E-state index contributed by atoms with van der Waals surface area (Å²) < 4.78 is 12.0. The molecule has 0 radical (unpaired) electrons. The number of carbonyl (C=O) groups excluding carboxylic acids is 1. The number of methoxy groups -OCH3 is 1. The Kier molecular flexibility index (Phi) is 5.11. The molecule has 1 aromatic carbocycles. The lowest BCUT2D eigenvalue weighted by Gasteiger charge is -2.32. The van der Waals surface area contributed by atoms with E-state index < -0.39 is 5.97 Å². The maximum atomic E-state index is 13.0. The van der Waals surface area contributed by atoms with Crippen molar-refractivity contribution >= 4 is 11.9 Å². The van der Waals surface area contributed by atoms with Crippen LogP contribution in [0.25, 0.3) is 5.69 Å². The van der Waals surface area contributed by atoms with Crippen LogP contribution in [-0.4, -0.2) is 71.2 Å². The molecule has 1 aromatic heterocycles. The molecule has 1 N–H and O–H groups in total. The minimum Gasteiger partial charge on any atom is -0.476 e. The van der Waals surface area contributed by atoms with E-state index >= 15 is 0 Å². The predicted octanol–water partition coefficient (Wildman–Crippen LogP) is 1.06. The van der Waals surface area contributed by atoms with Crippen LogP contribution in [0, 0.1) is 0 Å². The van der Waals surface area contributed by atoms with E-state index in [1.807, 2.05) is 6.07 Å². The van der Waals surface area contributed by atoms with E-state index in [-0.39, 0.29) is 23.4 Å². The fourth-order valence-electron chi connectivity index (χ4n) is 2.76. The molecule has 3 rings (SSSR count). The molecule has 2 aromatic rings. The molecule has 132 valence electrons. The Bertz CT molecular complexity index is 757. The standard InChI is InChI=1S/C17H19N3O5/c1-24-11-13-10-19(7-8-25-13)16(21)15-9-14(17(22)23)18-20(15)12-5-3-2-4-6-12/h2-6,9,13H,7-8,10-11H2,1H3,(H,22,23). The minimum absolute atomic E-state index is 0.172. The van der Waals surface area contributed by atoms with E-state index in [0.717, 1.165) is 0 Å². The normalized spacial score (nSPS) is 17.5. The summed E-state index contributed by atoms with van der Waals surface area (Å²) in [5.41, 5.74) is 0.663. The van der Waals surface area contributed by atoms with E-state index in [1.54, 1.807) is 36.3 Å². The number of rotatable bonds is 5. The molecule has 1 aliphatic heterocycles. The molecule has 1 saturated heterocycles. The summed E-state index contributed by atoms with van der Waals surface area (Å²) in [6.45, 7) is 1.61. The monoisotopic (exact) mass is 345 g/mol. The summed E-state index contributed by atoms with van der Waals surface area (Å²) in [4.78, 5) is 25.9. The van der Waals surface area contributed by atoms with Crippen molar-refractivity contribution in [1.29, 1.82) is 0 Å². The second-order valence-corrected chi connectivity index (χ2v) is 5.67. The summed E-state index contributed by atoms with van der Waals surface area (Å²) in [7, 11) is 1.58. The number of aromatic nitrogens is 2. The molecular weight excluding hydrogens is 326 g/mol. The Balaban J connectivity index is 1.92. The number of carbonyl (C=O) groups is 2. The van der Waals surface area contributed by atoms with Gasteiger partial charge in [-0.25, -0.2) is 9.48 Å². The van der Waals surface area contributed by atoms with Gasteiger partial charge in [-0.3, -0.25) is 4.79 Å². The Morgan fingerprint density at radius 3 is 2.80 bits per heavy atom. The molecule has 0 saturated carbocycles. The highest BCUT2D eigenvalue weighted by atomic mass is 16.5. The number of benzene rings is 1. The van der Waals surface area contributed by atoms with Crippen molar-refractivity contribution < 1.29 is 24.2 Å². The second-order valence-electron chi connectivity index (χ2n) is 5.67. The van der Waals surface area contributed by atoms with Crippen molar-refractivity contribution in [3.05, 3.63) is 47.8 Å². The van der Waals surface area contributed by atoms with Gasteiger partial charge in [0, 0.05) is 26.3 Å². The third kappa shape index (κ3) is 3.70. The number of amides is 1. The highest BCUT2D eigenvalue weighted by Gasteiger charge is 2.28. The Labute approximate surface area is 144 Å². The molecule has 25 heavy (non-hydrogen) atoms. The SMILES string of the molecule is COCC1CN(C(=O)c2cc(C(=O)O)nn2-c2ccccc2)CCO1. The van der Waals surface area contributed by atoms with Crippen molar-refractivity contribution in [2.45, 2.75) is 6.10 Å². The van der Waals surface area contributed by atoms with Crippen LogP contribution in [-0.2, 0) is 9.47 Å². The van der Waals surface area contributed by atoms with Gasteiger partial charge >= 0.3 is 5.97 Å². The van der Waals surface area contributed by atoms with Gasteiger partial charge in [-0.1, -0.05) is 18.2 Å². The fraction of sp³-hybridized carbons (Fsp3) is 0.353. The van der Waals surface area contributed by atoms with Crippen LogP contribution < -0.4 is 0 Å². The lowest BCUT2D eigenvalue weighted by atomic mass is 10.2. The van der Waals surface area contributed by atoms with Crippen LogP contribution in [0.5, 0.6) is 0 Å². The average Bonchev–Trinajstić information content (AvgIpc) is 3.08. The van der Waals surface area contributed by atoms with Gasteiger partial charge in [0.05, 0.1) is 25.0 Å². The zero-order valence-electron chi connectivity index (χ0n) is 13.8. The van der Waals surface area contributed by atoms with Crippen molar-refractivity contribution in [1.82, 2.24) is 14.7 Å². The first kappa shape index (κ1) is 17.1. The van der Waals surface area contributed by atoms with E-state index in [9.17, 15) is 14.7 Å². The first-order valence-electron chi connectivity index (χ1n) is 7.88. The molecule has 1 aliphatic rings. The molecule has 8 heteroatoms. The number of para-hydroxylation sites is 1. The van der Waals surface area contributed by atoms with Gasteiger partial charge < -0.3 is 19.5 Å². The Hall–Kier alpha value is -2.71. The van der Waals surface area contributed by atoms with Crippen LogP contribution in [0.1, 0.15) is 21.0 Å². The second kappa shape index (κ2) is 7.45. The molecule has 2 heterocycles. The maximum Gasteiger partial charge on any atom is 0.356 e. The smallest absolute Gasteiger partial charge is 0.356 e. The number of ether oxygens (including phenoxy) is 2. The summed E-state index contributed by atoms with van der Waals surface area (Å²) in [6, 6.07) is 10.3. The number of carboxylic acids is 1. The third-order valence-corrected chi connectivity index (χ3v) is 3.93. The number of carboxylic acid groups (broad SMARTS) is 1. The summed E-state index contributed by atoms with van der Waals surface area (Å²) >= 11 is 0. The first-order valence-corrected chi connectivity index (χ1v) is 7.88. The third-order valence-electron chi connectivity index (χ3n) is 3.93. The van der Waals surface area contributed by atoms with Crippen LogP contribution >= 0.6 is 0 Å². The van der Waals surface area contributed by atoms with Gasteiger partial charge in [0.25, 0.3) is 5.91 Å². The molecule has 1 fully saturated rings. The van der Waals surface area contributed by atoms with Gasteiger partial charge in [-0.05, 0) is 12.1 Å². The highest BCUT2D eigenvalue weighted by molar-refractivity contribution is 5.96. The lowest BCUT2D eigenvalue weighted by molar-refractivity contribution is -0.0532. The van der Waals surface area contributed by atoms with E-state index in [4.69, 9.17) is 9.47 Å². The first-order chi connectivity index (χ1) is 12.1. The largest absolute Gasteiger partial charge is 0.476 e. The Morgan fingerprint density at radius 1 is 1.36 bits per heavy atom. The number of hydrogen-bond donors (Lipinski definition) is 1. The summed E-state index contributed by atoms with van der Waals surface area (Å²) in [6.07, 6.45) is -0.199. The van der Waals surface area contributed by atoms with Gasteiger partial charge in [0.1, 0.15) is 5.69 Å².